The van der Waals surface area contributed by atoms with Crippen LogP contribution in [0, 0.1) is 13.8 Å². The summed E-state index contributed by atoms with van der Waals surface area (Å²) < 4.78 is 5.47. The van der Waals surface area contributed by atoms with E-state index in [0.717, 1.165) is 11.3 Å². The number of fused-ring (bicyclic) bond motifs is 1. The van der Waals surface area contributed by atoms with Crippen LogP contribution in [0.15, 0.2) is 12.1 Å². The molecular formula is C11H14O2. The summed E-state index contributed by atoms with van der Waals surface area (Å²) in [5, 5.41) is 9.70. The Bertz CT molecular complexity index is 331. The molecule has 1 aromatic rings. The first-order valence-electron chi connectivity index (χ1n) is 4.60. The molecule has 1 aromatic carbocycles. The topological polar surface area (TPSA) is 29.5 Å². The number of aryl methyl sites for hydroxylation is 2. The third kappa shape index (κ3) is 1.42. The lowest BCUT2D eigenvalue weighted by Crippen LogP contribution is -2.14. The number of benzene rings is 1. The Morgan fingerprint density at radius 1 is 1.31 bits per heavy atom. The quantitative estimate of drug-likeness (QED) is 0.659. The summed E-state index contributed by atoms with van der Waals surface area (Å²) in [6, 6.07) is 4.03. The molecule has 2 heteroatoms. The second-order valence-electron chi connectivity index (χ2n) is 3.63. The van der Waals surface area contributed by atoms with Gasteiger partial charge in [-0.05, 0) is 37.1 Å². The molecule has 0 unspecified atom stereocenters. The third-order valence-corrected chi connectivity index (χ3v) is 2.63. The van der Waals surface area contributed by atoms with Gasteiger partial charge >= 0.3 is 0 Å². The fourth-order valence-corrected chi connectivity index (χ4v) is 1.63. The lowest BCUT2D eigenvalue weighted by Gasteiger charge is -2.23. The first-order valence-corrected chi connectivity index (χ1v) is 4.60. The van der Waals surface area contributed by atoms with E-state index in [2.05, 4.69) is 13.8 Å². The van der Waals surface area contributed by atoms with Gasteiger partial charge in [-0.15, -0.1) is 0 Å². The van der Waals surface area contributed by atoms with Gasteiger partial charge in [0.05, 0.1) is 12.7 Å². The first-order chi connectivity index (χ1) is 6.18. The lowest BCUT2D eigenvalue weighted by atomic mass is 9.98. The molecule has 1 N–H and O–H groups in total. The summed E-state index contributed by atoms with van der Waals surface area (Å²) in [4.78, 5) is 0. The Labute approximate surface area is 78.2 Å². The molecule has 0 saturated carbocycles. The molecule has 0 spiro atoms. The highest BCUT2D eigenvalue weighted by atomic mass is 16.5. The smallest absolute Gasteiger partial charge is 0.125 e. The van der Waals surface area contributed by atoms with Gasteiger partial charge in [0.25, 0.3) is 0 Å². The molecule has 0 saturated heterocycles. The standard InChI is InChI=1S/C11H14O2/c1-7-5-9-10(12)3-4-13-11(9)6-8(7)2/h5-6,10,12H,3-4H2,1-2H3/t10-/m0/s1. The Balaban J connectivity index is 2.52. The van der Waals surface area contributed by atoms with Crippen molar-refractivity contribution in [3.8, 4) is 5.75 Å². The number of aliphatic hydroxyl groups excluding tert-OH is 1. The molecule has 1 atom stereocenters. The van der Waals surface area contributed by atoms with Crippen molar-refractivity contribution >= 4 is 0 Å². The van der Waals surface area contributed by atoms with Crippen LogP contribution < -0.4 is 4.74 Å². The van der Waals surface area contributed by atoms with E-state index >= 15 is 0 Å². The molecule has 0 fully saturated rings. The number of aliphatic hydroxyl groups is 1. The highest BCUT2D eigenvalue weighted by molar-refractivity contribution is 5.43. The summed E-state index contributed by atoms with van der Waals surface area (Å²) >= 11 is 0. The fraction of sp³-hybridized carbons (Fsp3) is 0.455. The predicted octanol–water partition coefficient (Wildman–Crippen LogP) is 2.12. The molecule has 70 valence electrons. The maximum atomic E-state index is 9.70. The van der Waals surface area contributed by atoms with Crippen LogP contribution in [0.4, 0.5) is 0 Å². The van der Waals surface area contributed by atoms with E-state index in [1.807, 2.05) is 12.1 Å². The van der Waals surface area contributed by atoms with Crippen molar-refractivity contribution in [2.75, 3.05) is 6.61 Å². The van der Waals surface area contributed by atoms with Gasteiger partial charge in [-0.1, -0.05) is 0 Å². The van der Waals surface area contributed by atoms with E-state index in [0.29, 0.717) is 13.0 Å². The first kappa shape index (κ1) is 8.57. The molecule has 13 heavy (non-hydrogen) atoms. The van der Waals surface area contributed by atoms with Gasteiger partial charge in [0.15, 0.2) is 0 Å². The van der Waals surface area contributed by atoms with Gasteiger partial charge < -0.3 is 9.84 Å². The summed E-state index contributed by atoms with van der Waals surface area (Å²) in [7, 11) is 0. The minimum absolute atomic E-state index is 0.344. The number of ether oxygens (including phenoxy) is 1. The van der Waals surface area contributed by atoms with E-state index in [1.165, 1.54) is 11.1 Å². The Morgan fingerprint density at radius 2 is 2.00 bits per heavy atom. The highest BCUT2D eigenvalue weighted by Crippen LogP contribution is 2.33. The molecule has 1 aliphatic heterocycles. The number of rotatable bonds is 0. The van der Waals surface area contributed by atoms with Crippen LogP contribution in [0.3, 0.4) is 0 Å². The van der Waals surface area contributed by atoms with E-state index in [9.17, 15) is 5.11 Å². The minimum atomic E-state index is -0.344. The zero-order valence-electron chi connectivity index (χ0n) is 8.00. The van der Waals surface area contributed by atoms with Crippen LogP contribution in [-0.4, -0.2) is 11.7 Å². The van der Waals surface area contributed by atoms with E-state index in [1.54, 1.807) is 0 Å². The van der Waals surface area contributed by atoms with Crippen molar-refractivity contribution in [2.45, 2.75) is 26.4 Å². The maximum absolute atomic E-state index is 9.70. The maximum Gasteiger partial charge on any atom is 0.125 e. The van der Waals surface area contributed by atoms with E-state index in [-0.39, 0.29) is 6.10 Å². The average molecular weight is 178 g/mol. The van der Waals surface area contributed by atoms with Gasteiger partial charge in [0, 0.05) is 12.0 Å². The third-order valence-electron chi connectivity index (χ3n) is 2.63. The summed E-state index contributed by atoms with van der Waals surface area (Å²) in [6.45, 7) is 4.73. The second kappa shape index (κ2) is 3.04. The van der Waals surface area contributed by atoms with Crippen LogP contribution in [0.5, 0.6) is 5.75 Å². The number of hydrogen-bond donors (Lipinski definition) is 1. The lowest BCUT2D eigenvalue weighted by molar-refractivity contribution is 0.115. The van der Waals surface area contributed by atoms with Crippen molar-refractivity contribution in [1.82, 2.24) is 0 Å². The molecule has 2 rings (SSSR count). The minimum Gasteiger partial charge on any atom is -0.493 e. The van der Waals surface area contributed by atoms with Crippen molar-refractivity contribution in [2.24, 2.45) is 0 Å². The second-order valence-corrected chi connectivity index (χ2v) is 3.63. The number of hydrogen-bond acceptors (Lipinski definition) is 2. The zero-order chi connectivity index (χ0) is 9.42. The molecule has 0 amide bonds. The van der Waals surface area contributed by atoms with Gasteiger partial charge in [-0.2, -0.15) is 0 Å². The average Bonchev–Trinajstić information content (AvgIpc) is 2.09. The highest BCUT2D eigenvalue weighted by Gasteiger charge is 2.19. The molecule has 0 aliphatic carbocycles. The van der Waals surface area contributed by atoms with Crippen LogP contribution in [0.2, 0.25) is 0 Å². The largest absolute Gasteiger partial charge is 0.493 e. The summed E-state index contributed by atoms with van der Waals surface area (Å²) in [5.41, 5.74) is 3.37. The van der Waals surface area contributed by atoms with Crippen molar-refractivity contribution < 1.29 is 9.84 Å². The van der Waals surface area contributed by atoms with Crippen LogP contribution in [0.25, 0.3) is 0 Å². The molecule has 0 radical (unpaired) electrons. The fourth-order valence-electron chi connectivity index (χ4n) is 1.63. The summed E-state index contributed by atoms with van der Waals surface area (Å²) in [5.74, 6) is 0.849. The van der Waals surface area contributed by atoms with Gasteiger partial charge in [0.2, 0.25) is 0 Å². The predicted molar refractivity (Wildman–Crippen MR) is 51.0 cm³/mol. The molecule has 0 bridgehead atoms. The Morgan fingerprint density at radius 3 is 2.77 bits per heavy atom. The molecule has 1 aliphatic rings. The van der Waals surface area contributed by atoms with Crippen molar-refractivity contribution in [3.63, 3.8) is 0 Å². The zero-order valence-corrected chi connectivity index (χ0v) is 8.00. The Hall–Kier alpha value is -1.02. The van der Waals surface area contributed by atoms with E-state index < -0.39 is 0 Å². The van der Waals surface area contributed by atoms with E-state index in [4.69, 9.17) is 4.74 Å². The Kier molecular flexibility index (Phi) is 2.00. The normalized spacial score (nSPS) is 20.7. The summed E-state index contributed by atoms with van der Waals surface area (Å²) in [6.07, 6.45) is 0.359. The van der Waals surface area contributed by atoms with Crippen molar-refractivity contribution in [3.05, 3.63) is 28.8 Å². The van der Waals surface area contributed by atoms with Gasteiger partial charge in [-0.25, -0.2) is 0 Å². The van der Waals surface area contributed by atoms with Gasteiger partial charge in [-0.3, -0.25) is 0 Å². The van der Waals surface area contributed by atoms with Crippen molar-refractivity contribution in [1.29, 1.82) is 0 Å². The van der Waals surface area contributed by atoms with Gasteiger partial charge in [0.1, 0.15) is 5.75 Å². The van der Waals surface area contributed by atoms with Crippen LogP contribution in [0.1, 0.15) is 29.2 Å². The van der Waals surface area contributed by atoms with Crippen LogP contribution >= 0.6 is 0 Å². The molecule has 0 aromatic heterocycles. The molecule has 2 nitrogen and oxygen atoms in total. The molecular weight excluding hydrogens is 164 g/mol. The molecule has 1 heterocycles. The monoisotopic (exact) mass is 178 g/mol. The SMILES string of the molecule is Cc1cc2c(cc1C)[C@@H](O)CCO2. The van der Waals surface area contributed by atoms with Crippen LogP contribution in [-0.2, 0) is 0 Å².